The fourth-order valence-electron chi connectivity index (χ4n) is 2.65. The van der Waals surface area contributed by atoms with E-state index in [0.29, 0.717) is 22.0 Å². The smallest absolute Gasteiger partial charge is 0.325 e. The second-order valence-corrected chi connectivity index (χ2v) is 6.29. The normalized spacial score (nSPS) is 19.9. The van der Waals surface area contributed by atoms with Gasteiger partial charge in [0.2, 0.25) is 5.91 Å². The summed E-state index contributed by atoms with van der Waals surface area (Å²) in [5, 5.41) is 5.74. The summed E-state index contributed by atoms with van der Waals surface area (Å²) in [5.74, 6) is -0.748. The third-order valence-corrected chi connectivity index (χ3v) is 4.54. The van der Waals surface area contributed by atoms with Crippen LogP contribution in [0.5, 0.6) is 0 Å². The van der Waals surface area contributed by atoms with Crippen LogP contribution in [0, 0.1) is 6.92 Å². The van der Waals surface area contributed by atoms with E-state index < -0.39 is 29.9 Å². The highest BCUT2D eigenvalue weighted by Gasteiger charge is 2.51. The number of urea groups is 1. The molecule has 0 saturated carbocycles. The first-order valence-corrected chi connectivity index (χ1v) is 7.94. The van der Waals surface area contributed by atoms with Crippen molar-refractivity contribution in [3.8, 4) is 0 Å². The Morgan fingerprint density at radius 3 is 2.76 bits per heavy atom. The van der Waals surface area contributed by atoms with Crippen molar-refractivity contribution in [1.82, 2.24) is 10.2 Å². The molecule has 2 heterocycles. The standard InChI is InChI=1S/C17H16ClN3O4/c1-10-11(18)5-3-6-12(10)19-14(22)9-21-15(23)17(2,20-16(21)24)13-7-4-8-25-13/h3-8H,9H2,1-2H3,(H,19,22)(H,20,24)/t17-/m1/s1. The molecule has 25 heavy (non-hydrogen) atoms. The lowest BCUT2D eigenvalue weighted by atomic mass is 9.99. The highest BCUT2D eigenvalue weighted by Crippen LogP contribution is 2.29. The first-order valence-electron chi connectivity index (χ1n) is 7.56. The second kappa shape index (κ2) is 6.25. The molecule has 0 unspecified atom stereocenters. The molecule has 1 aliphatic heterocycles. The van der Waals surface area contributed by atoms with Gasteiger partial charge in [-0.1, -0.05) is 17.7 Å². The minimum atomic E-state index is -1.33. The van der Waals surface area contributed by atoms with Gasteiger partial charge in [-0.3, -0.25) is 14.5 Å². The molecule has 0 radical (unpaired) electrons. The summed E-state index contributed by atoms with van der Waals surface area (Å²) in [6, 6.07) is 7.67. The number of nitrogens with one attached hydrogen (secondary N) is 2. The zero-order valence-electron chi connectivity index (χ0n) is 13.6. The Morgan fingerprint density at radius 2 is 2.08 bits per heavy atom. The van der Waals surface area contributed by atoms with Crippen molar-refractivity contribution >= 4 is 35.1 Å². The van der Waals surface area contributed by atoms with Gasteiger partial charge < -0.3 is 15.1 Å². The maximum absolute atomic E-state index is 12.6. The van der Waals surface area contributed by atoms with E-state index in [9.17, 15) is 14.4 Å². The van der Waals surface area contributed by atoms with E-state index in [-0.39, 0.29) is 0 Å². The minimum absolute atomic E-state index is 0.305. The van der Waals surface area contributed by atoms with Crippen LogP contribution in [0.25, 0.3) is 0 Å². The summed E-state index contributed by atoms with van der Waals surface area (Å²) >= 11 is 6.02. The van der Waals surface area contributed by atoms with Crippen molar-refractivity contribution in [2.45, 2.75) is 19.4 Å². The fourth-order valence-corrected chi connectivity index (χ4v) is 2.82. The molecule has 2 N–H and O–H groups in total. The van der Waals surface area contributed by atoms with Gasteiger partial charge in [-0.25, -0.2) is 4.79 Å². The molecule has 1 aliphatic rings. The van der Waals surface area contributed by atoms with Crippen molar-refractivity contribution < 1.29 is 18.8 Å². The molecule has 7 nitrogen and oxygen atoms in total. The van der Waals surface area contributed by atoms with Gasteiger partial charge in [-0.05, 0) is 43.7 Å². The number of furan rings is 1. The predicted octanol–water partition coefficient (Wildman–Crippen LogP) is 2.65. The van der Waals surface area contributed by atoms with Crippen LogP contribution in [0.2, 0.25) is 5.02 Å². The zero-order valence-corrected chi connectivity index (χ0v) is 14.4. The first-order chi connectivity index (χ1) is 11.8. The molecule has 1 aromatic heterocycles. The van der Waals surface area contributed by atoms with Crippen LogP contribution in [-0.4, -0.2) is 29.3 Å². The molecule has 4 amide bonds. The van der Waals surface area contributed by atoms with Gasteiger partial charge in [0, 0.05) is 10.7 Å². The zero-order chi connectivity index (χ0) is 18.2. The predicted molar refractivity (Wildman–Crippen MR) is 91.1 cm³/mol. The maximum atomic E-state index is 12.6. The monoisotopic (exact) mass is 361 g/mol. The topological polar surface area (TPSA) is 91.7 Å². The lowest BCUT2D eigenvalue weighted by Gasteiger charge is -2.19. The summed E-state index contributed by atoms with van der Waals surface area (Å²) in [6.45, 7) is 2.89. The molecule has 0 spiro atoms. The van der Waals surface area contributed by atoms with Crippen LogP contribution < -0.4 is 10.6 Å². The number of hydrogen-bond acceptors (Lipinski definition) is 4. The average molecular weight is 362 g/mol. The van der Waals surface area contributed by atoms with Gasteiger partial charge in [-0.15, -0.1) is 0 Å². The molecule has 1 aromatic carbocycles. The number of amides is 4. The van der Waals surface area contributed by atoms with E-state index in [4.69, 9.17) is 16.0 Å². The summed E-state index contributed by atoms with van der Waals surface area (Å²) in [4.78, 5) is 37.9. The molecular formula is C17H16ClN3O4. The Morgan fingerprint density at radius 1 is 1.32 bits per heavy atom. The van der Waals surface area contributed by atoms with Gasteiger partial charge in [-0.2, -0.15) is 0 Å². The summed E-state index contributed by atoms with van der Waals surface area (Å²) in [7, 11) is 0. The highest BCUT2D eigenvalue weighted by molar-refractivity contribution is 6.31. The van der Waals surface area contributed by atoms with Crippen LogP contribution in [0.3, 0.4) is 0 Å². The number of halogens is 1. The van der Waals surface area contributed by atoms with Gasteiger partial charge in [0.05, 0.1) is 6.26 Å². The quantitative estimate of drug-likeness (QED) is 0.819. The van der Waals surface area contributed by atoms with Crippen molar-refractivity contribution in [3.63, 3.8) is 0 Å². The first kappa shape index (κ1) is 17.0. The Bertz CT molecular complexity index is 850. The van der Waals surface area contributed by atoms with Crippen LogP contribution >= 0.6 is 11.6 Å². The SMILES string of the molecule is Cc1c(Cl)cccc1NC(=O)CN1C(=O)N[C@](C)(c2ccco2)C1=O. The third-order valence-electron chi connectivity index (χ3n) is 4.13. The lowest BCUT2D eigenvalue weighted by Crippen LogP contribution is -2.41. The molecule has 1 atom stereocenters. The Labute approximate surface area is 148 Å². The van der Waals surface area contributed by atoms with E-state index in [1.807, 2.05) is 0 Å². The fraction of sp³-hybridized carbons (Fsp3) is 0.235. The number of imide groups is 1. The molecule has 3 rings (SSSR count). The molecule has 130 valence electrons. The molecule has 2 aromatic rings. The number of carbonyl (C=O) groups excluding carboxylic acids is 3. The number of rotatable bonds is 4. The molecular weight excluding hydrogens is 346 g/mol. The third kappa shape index (κ3) is 2.98. The van der Waals surface area contributed by atoms with Crippen LogP contribution in [-0.2, 0) is 15.1 Å². The van der Waals surface area contributed by atoms with Crippen molar-refractivity contribution in [2.75, 3.05) is 11.9 Å². The van der Waals surface area contributed by atoms with Crippen molar-refractivity contribution in [1.29, 1.82) is 0 Å². The molecule has 1 saturated heterocycles. The second-order valence-electron chi connectivity index (χ2n) is 5.88. The Hall–Kier alpha value is -2.80. The van der Waals surface area contributed by atoms with Gasteiger partial charge in [0.1, 0.15) is 12.3 Å². The van der Waals surface area contributed by atoms with Crippen LogP contribution in [0.1, 0.15) is 18.2 Å². The summed E-state index contributed by atoms with van der Waals surface area (Å²) in [6.07, 6.45) is 1.41. The number of carbonyl (C=O) groups is 3. The number of nitrogens with zero attached hydrogens (tertiary/aromatic N) is 1. The van der Waals surface area contributed by atoms with E-state index >= 15 is 0 Å². The number of anilines is 1. The molecule has 0 bridgehead atoms. The Balaban J connectivity index is 1.74. The highest BCUT2D eigenvalue weighted by atomic mass is 35.5. The van der Waals surface area contributed by atoms with E-state index in [1.54, 1.807) is 37.3 Å². The average Bonchev–Trinajstić information content (AvgIpc) is 3.17. The van der Waals surface area contributed by atoms with Crippen LogP contribution in [0.15, 0.2) is 41.0 Å². The number of hydrogen-bond donors (Lipinski definition) is 2. The summed E-state index contributed by atoms with van der Waals surface area (Å²) in [5.41, 5.74) is -0.0965. The Kier molecular flexibility index (Phi) is 4.26. The van der Waals surface area contributed by atoms with Gasteiger partial charge in [0.25, 0.3) is 5.91 Å². The van der Waals surface area contributed by atoms with Gasteiger partial charge in [0.15, 0.2) is 5.54 Å². The van der Waals surface area contributed by atoms with Crippen LogP contribution in [0.4, 0.5) is 10.5 Å². The maximum Gasteiger partial charge on any atom is 0.325 e. The molecule has 8 heteroatoms. The minimum Gasteiger partial charge on any atom is -0.466 e. The van der Waals surface area contributed by atoms with E-state index in [0.717, 1.165) is 4.90 Å². The van der Waals surface area contributed by atoms with E-state index in [1.165, 1.54) is 13.2 Å². The van der Waals surface area contributed by atoms with Crippen molar-refractivity contribution in [3.05, 3.63) is 52.9 Å². The van der Waals surface area contributed by atoms with Crippen molar-refractivity contribution in [2.24, 2.45) is 0 Å². The molecule has 0 aliphatic carbocycles. The molecule has 1 fully saturated rings. The largest absolute Gasteiger partial charge is 0.466 e. The van der Waals surface area contributed by atoms with Gasteiger partial charge >= 0.3 is 6.03 Å². The number of benzene rings is 1. The lowest BCUT2D eigenvalue weighted by molar-refractivity contribution is -0.134. The van der Waals surface area contributed by atoms with E-state index in [2.05, 4.69) is 10.6 Å². The summed E-state index contributed by atoms with van der Waals surface area (Å²) < 4.78 is 5.24.